The molecule has 138 valence electrons. The average molecular weight is 357 g/mol. The number of likely N-dealkylation sites (tertiary alicyclic amines) is 1. The Morgan fingerprint density at radius 1 is 1.27 bits per heavy atom. The van der Waals surface area contributed by atoms with Crippen molar-refractivity contribution >= 4 is 17.5 Å². The maximum atomic E-state index is 12.8. The van der Waals surface area contributed by atoms with Crippen molar-refractivity contribution in [1.29, 1.82) is 0 Å². The van der Waals surface area contributed by atoms with Gasteiger partial charge in [0.1, 0.15) is 5.56 Å². The molecule has 0 aliphatic carbocycles. The van der Waals surface area contributed by atoms with Gasteiger partial charge in [0, 0.05) is 51.4 Å². The fraction of sp³-hybridized carbons (Fsp3) is 0.556. The number of nitrogens with zero attached hydrogens (tertiary/aromatic N) is 4. The normalized spacial score (nSPS) is 21.3. The van der Waals surface area contributed by atoms with Crippen molar-refractivity contribution in [3.05, 3.63) is 29.7 Å². The Hall–Kier alpha value is -2.48. The Kier molecular flexibility index (Phi) is 4.58. The van der Waals surface area contributed by atoms with Crippen LogP contribution in [0.25, 0.3) is 5.65 Å². The van der Waals surface area contributed by atoms with Gasteiger partial charge in [-0.05, 0) is 25.3 Å². The summed E-state index contributed by atoms with van der Waals surface area (Å²) in [6.45, 7) is 2.79. The quantitative estimate of drug-likeness (QED) is 0.879. The Balaban J connectivity index is 1.54. The minimum atomic E-state index is -0.201. The van der Waals surface area contributed by atoms with Gasteiger partial charge in [0.25, 0.3) is 5.91 Å². The number of hydrogen-bond acceptors (Lipinski definition) is 5. The number of carbonyl (C=O) groups excluding carboxylic acids is 2. The van der Waals surface area contributed by atoms with Crippen LogP contribution in [-0.4, -0.2) is 64.7 Å². The molecule has 4 rings (SSSR count). The van der Waals surface area contributed by atoms with Gasteiger partial charge in [0.15, 0.2) is 5.65 Å². The van der Waals surface area contributed by atoms with Crippen LogP contribution in [0.4, 0.5) is 0 Å². The van der Waals surface area contributed by atoms with Gasteiger partial charge in [-0.2, -0.15) is 5.10 Å². The van der Waals surface area contributed by atoms with Gasteiger partial charge in [0.2, 0.25) is 5.91 Å². The van der Waals surface area contributed by atoms with Gasteiger partial charge in [-0.3, -0.25) is 9.59 Å². The van der Waals surface area contributed by atoms with E-state index in [1.54, 1.807) is 24.0 Å². The van der Waals surface area contributed by atoms with Gasteiger partial charge in [-0.25, -0.2) is 9.50 Å². The first-order valence-electron chi connectivity index (χ1n) is 9.10. The predicted octanol–water partition coefficient (Wildman–Crippen LogP) is 0.831. The molecule has 0 saturated carbocycles. The standard InChI is InChI=1S/C18H23N5O3/c1-19-17(24)14-10-21-23-15(2-6-20-16(14)23)13-3-7-22(11-13)18(25)12-4-8-26-9-5-12/h2,6,10,12-13H,3-5,7-9,11H2,1H3,(H,19,24). The maximum Gasteiger partial charge on any atom is 0.256 e. The largest absolute Gasteiger partial charge is 0.381 e. The molecular formula is C18H23N5O3. The number of fused-ring (bicyclic) bond motifs is 1. The lowest BCUT2D eigenvalue weighted by Crippen LogP contribution is -2.37. The summed E-state index contributed by atoms with van der Waals surface area (Å²) in [5, 5.41) is 6.98. The highest BCUT2D eigenvalue weighted by Crippen LogP contribution is 2.30. The lowest BCUT2D eigenvalue weighted by atomic mass is 9.99. The van der Waals surface area contributed by atoms with Crippen molar-refractivity contribution in [2.45, 2.75) is 25.2 Å². The first-order chi connectivity index (χ1) is 12.7. The van der Waals surface area contributed by atoms with E-state index in [0.29, 0.717) is 31.0 Å². The number of hydrogen-bond donors (Lipinski definition) is 1. The Bertz CT molecular complexity index is 827. The predicted molar refractivity (Wildman–Crippen MR) is 93.9 cm³/mol. The van der Waals surface area contributed by atoms with Crippen LogP contribution < -0.4 is 5.32 Å². The molecule has 2 aliphatic heterocycles. The Morgan fingerprint density at radius 3 is 2.85 bits per heavy atom. The molecule has 0 bridgehead atoms. The zero-order valence-electron chi connectivity index (χ0n) is 14.9. The minimum absolute atomic E-state index is 0.0875. The molecule has 0 radical (unpaired) electrons. The number of carbonyl (C=O) groups is 2. The number of amides is 2. The first-order valence-corrected chi connectivity index (χ1v) is 9.10. The second-order valence-corrected chi connectivity index (χ2v) is 6.90. The molecule has 8 nitrogen and oxygen atoms in total. The molecule has 2 saturated heterocycles. The molecule has 2 fully saturated rings. The SMILES string of the molecule is CNC(=O)c1cnn2c(C3CCN(C(=O)C4CCOCC4)C3)ccnc12. The van der Waals surface area contributed by atoms with Crippen molar-refractivity contribution in [2.75, 3.05) is 33.4 Å². The Labute approximate surface area is 151 Å². The molecule has 4 heterocycles. The molecule has 1 N–H and O–H groups in total. The summed E-state index contributed by atoms with van der Waals surface area (Å²) in [4.78, 5) is 31.0. The van der Waals surface area contributed by atoms with Crippen molar-refractivity contribution in [1.82, 2.24) is 24.8 Å². The highest BCUT2D eigenvalue weighted by Gasteiger charge is 2.33. The van der Waals surface area contributed by atoms with Crippen LogP contribution in [0.2, 0.25) is 0 Å². The summed E-state index contributed by atoms with van der Waals surface area (Å²) in [5.41, 5.74) is 2.01. The summed E-state index contributed by atoms with van der Waals surface area (Å²) < 4.78 is 7.09. The molecular weight excluding hydrogens is 334 g/mol. The molecule has 2 aliphatic rings. The molecule has 1 atom stereocenters. The Morgan fingerprint density at radius 2 is 2.08 bits per heavy atom. The van der Waals surface area contributed by atoms with Gasteiger partial charge in [-0.15, -0.1) is 0 Å². The molecule has 2 aromatic heterocycles. The highest BCUT2D eigenvalue weighted by molar-refractivity contribution is 5.99. The molecule has 2 aromatic rings. The van der Waals surface area contributed by atoms with Crippen LogP contribution in [0.5, 0.6) is 0 Å². The van der Waals surface area contributed by atoms with E-state index in [9.17, 15) is 9.59 Å². The summed E-state index contributed by atoms with van der Waals surface area (Å²) in [6.07, 6.45) is 5.78. The van der Waals surface area contributed by atoms with E-state index in [1.807, 2.05) is 11.0 Å². The zero-order valence-corrected chi connectivity index (χ0v) is 14.9. The monoisotopic (exact) mass is 357 g/mol. The van der Waals surface area contributed by atoms with Gasteiger partial charge < -0.3 is 15.0 Å². The summed E-state index contributed by atoms with van der Waals surface area (Å²) in [7, 11) is 1.59. The highest BCUT2D eigenvalue weighted by atomic mass is 16.5. The van der Waals surface area contributed by atoms with Crippen LogP contribution in [-0.2, 0) is 9.53 Å². The molecule has 0 spiro atoms. The van der Waals surface area contributed by atoms with Crippen LogP contribution in [0.3, 0.4) is 0 Å². The lowest BCUT2D eigenvalue weighted by Gasteiger charge is -2.26. The van der Waals surface area contributed by atoms with Crippen molar-refractivity contribution in [3.8, 4) is 0 Å². The maximum absolute atomic E-state index is 12.8. The third kappa shape index (κ3) is 2.94. The van der Waals surface area contributed by atoms with Crippen LogP contribution in [0.15, 0.2) is 18.5 Å². The molecule has 8 heteroatoms. The van der Waals surface area contributed by atoms with E-state index in [0.717, 1.165) is 31.5 Å². The third-order valence-corrected chi connectivity index (χ3v) is 5.39. The fourth-order valence-electron chi connectivity index (χ4n) is 3.92. The number of aromatic nitrogens is 3. The topological polar surface area (TPSA) is 88.8 Å². The number of ether oxygens (including phenoxy) is 1. The van der Waals surface area contributed by atoms with Crippen LogP contribution in [0, 0.1) is 5.92 Å². The average Bonchev–Trinajstić information content (AvgIpc) is 3.34. The number of rotatable bonds is 3. The minimum Gasteiger partial charge on any atom is -0.381 e. The van der Waals surface area contributed by atoms with E-state index < -0.39 is 0 Å². The molecule has 2 amide bonds. The summed E-state index contributed by atoms with van der Waals surface area (Å²) >= 11 is 0. The lowest BCUT2D eigenvalue weighted by molar-refractivity contribution is -0.137. The fourth-order valence-corrected chi connectivity index (χ4v) is 3.92. The van der Waals surface area contributed by atoms with E-state index in [2.05, 4.69) is 15.4 Å². The van der Waals surface area contributed by atoms with E-state index >= 15 is 0 Å². The second kappa shape index (κ2) is 7.03. The van der Waals surface area contributed by atoms with Crippen LogP contribution >= 0.6 is 0 Å². The van der Waals surface area contributed by atoms with Crippen LogP contribution in [0.1, 0.15) is 41.2 Å². The van der Waals surface area contributed by atoms with E-state index in [-0.39, 0.29) is 23.7 Å². The summed E-state index contributed by atoms with van der Waals surface area (Å²) in [5.74, 6) is 0.325. The second-order valence-electron chi connectivity index (χ2n) is 6.90. The third-order valence-electron chi connectivity index (χ3n) is 5.39. The first kappa shape index (κ1) is 17.0. The smallest absolute Gasteiger partial charge is 0.256 e. The number of nitrogens with one attached hydrogen (secondary N) is 1. The van der Waals surface area contributed by atoms with Crippen molar-refractivity contribution in [2.24, 2.45) is 5.92 Å². The van der Waals surface area contributed by atoms with Gasteiger partial charge >= 0.3 is 0 Å². The zero-order chi connectivity index (χ0) is 18.1. The van der Waals surface area contributed by atoms with Gasteiger partial charge in [0.05, 0.1) is 11.9 Å². The van der Waals surface area contributed by atoms with E-state index in [4.69, 9.17) is 4.74 Å². The molecule has 0 aromatic carbocycles. The van der Waals surface area contributed by atoms with E-state index in [1.165, 1.54) is 0 Å². The summed E-state index contributed by atoms with van der Waals surface area (Å²) in [6, 6.07) is 1.93. The molecule has 26 heavy (non-hydrogen) atoms. The molecule has 1 unspecified atom stereocenters. The van der Waals surface area contributed by atoms with Crippen molar-refractivity contribution in [3.63, 3.8) is 0 Å². The van der Waals surface area contributed by atoms with Crippen molar-refractivity contribution < 1.29 is 14.3 Å². The van der Waals surface area contributed by atoms with Gasteiger partial charge in [-0.1, -0.05) is 0 Å².